The molecule has 0 saturated carbocycles. The van der Waals surface area contributed by atoms with Crippen molar-refractivity contribution in [2.75, 3.05) is 5.32 Å². The first-order valence-corrected chi connectivity index (χ1v) is 8.47. The van der Waals surface area contributed by atoms with Gasteiger partial charge in [0, 0.05) is 0 Å². The maximum absolute atomic E-state index is 13.2. The molecule has 1 aromatic carbocycles. The molecule has 7 nitrogen and oxygen atoms in total. The standard InChI is InChI=1S/C18H17F3N4O3/c1-4-13(16(26)22-12-8-6-5-7-11(12)18(19,20)21)25-17(27)15-14(9(2)23-25)10(3)28-24-15/h5-8,13H,4H2,1-3H3,(H,22,26). The van der Waals surface area contributed by atoms with E-state index in [1.807, 2.05) is 0 Å². The van der Waals surface area contributed by atoms with Gasteiger partial charge in [-0.1, -0.05) is 24.2 Å². The van der Waals surface area contributed by atoms with Gasteiger partial charge in [-0.25, -0.2) is 4.68 Å². The van der Waals surface area contributed by atoms with Crippen molar-refractivity contribution < 1.29 is 22.5 Å². The number of nitrogens with one attached hydrogen (secondary N) is 1. The number of hydrogen-bond acceptors (Lipinski definition) is 5. The minimum Gasteiger partial charge on any atom is -0.360 e. The minimum atomic E-state index is -4.63. The van der Waals surface area contributed by atoms with E-state index in [0.29, 0.717) is 16.8 Å². The number of anilines is 1. The second-order valence-electron chi connectivity index (χ2n) is 6.25. The van der Waals surface area contributed by atoms with Crippen LogP contribution in [0.1, 0.15) is 36.4 Å². The zero-order valence-electron chi connectivity index (χ0n) is 15.3. The molecule has 0 fully saturated rings. The Morgan fingerprint density at radius 1 is 1.29 bits per heavy atom. The fourth-order valence-corrected chi connectivity index (χ4v) is 3.05. The molecule has 0 saturated heterocycles. The molecule has 1 N–H and O–H groups in total. The molecule has 0 spiro atoms. The summed E-state index contributed by atoms with van der Waals surface area (Å²) < 4.78 is 45.4. The lowest BCUT2D eigenvalue weighted by Crippen LogP contribution is -2.35. The molecule has 1 atom stereocenters. The number of alkyl halides is 3. The molecule has 3 aromatic rings. The van der Waals surface area contributed by atoms with E-state index in [-0.39, 0.29) is 17.6 Å². The topological polar surface area (TPSA) is 90.0 Å². The number of carbonyl (C=O) groups excluding carboxylic acids is 1. The highest BCUT2D eigenvalue weighted by atomic mass is 19.4. The molecular weight excluding hydrogens is 377 g/mol. The van der Waals surface area contributed by atoms with Crippen molar-refractivity contribution in [2.45, 2.75) is 39.4 Å². The van der Waals surface area contributed by atoms with Crippen molar-refractivity contribution in [3.05, 3.63) is 51.6 Å². The van der Waals surface area contributed by atoms with Crippen LogP contribution in [0.15, 0.2) is 33.6 Å². The largest absolute Gasteiger partial charge is 0.418 e. The van der Waals surface area contributed by atoms with Crippen LogP contribution in [0.2, 0.25) is 0 Å². The first-order valence-electron chi connectivity index (χ1n) is 8.47. The molecule has 3 rings (SSSR count). The third-order valence-corrected chi connectivity index (χ3v) is 4.37. The van der Waals surface area contributed by atoms with Gasteiger partial charge in [-0.05, 0) is 32.4 Å². The van der Waals surface area contributed by atoms with Crippen LogP contribution in [0.25, 0.3) is 10.9 Å². The lowest BCUT2D eigenvalue weighted by atomic mass is 10.1. The van der Waals surface area contributed by atoms with E-state index in [1.54, 1.807) is 20.8 Å². The number of halogens is 3. The van der Waals surface area contributed by atoms with Crippen molar-refractivity contribution in [3.63, 3.8) is 0 Å². The number of para-hydroxylation sites is 1. The number of amides is 1. The maximum Gasteiger partial charge on any atom is 0.418 e. The van der Waals surface area contributed by atoms with Crippen molar-refractivity contribution in [3.8, 4) is 0 Å². The summed E-state index contributed by atoms with van der Waals surface area (Å²) in [6.45, 7) is 4.89. The molecule has 10 heteroatoms. The number of rotatable bonds is 4. The Bertz CT molecular complexity index is 1100. The third kappa shape index (κ3) is 3.37. The summed E-state index contributed by atoms with van der Waals surface area (Å²) in [7, 11) is 0. The number of nitrogens with zero attached hydrogens (tertiary/aromatic N) is 3. The second kappa shape index (κ2) is 7.10. The Hall–Kier alpha value is -3.17. The van der Waals surface area contributed by atoms with E-state index in [2.05, 4.69) is 15.6 Å². The van der Waals surface area contributed by atoms with Gasteiger partial charge in [0.25, 0.3) is 5.56 Å². The lowest BCUT2D eigenvalue weighted by molar-refractivity contribution is -0.137. The average Bonchev–Trinajstić information content (AvgIpc) is 3.02. The SMILES string of the molecule is CCC(C(=O)Nc1ccccc1C(F)(F)F)n1nc(C)c2c(C)onc2c1=O. The summed E-state index contributed by atoms with van der Waals surface area (Å²) in [6.07, 6.45) is -4.50. The van der Waals surface area contributed by atoms with Gasteiger partial charge in [0.2, 0.25) is 5.91 Å². The van der Waals surface area contributed by atoms with Crippen LogP contribution in [0, 0.1) is 13.8 Å². The summed E-state index contributed by atoms with van der Waals surface area (Å²) in [5, 5.41) is 10.6. The quantitative estimate of drug-likeness (QED) is 0.730. The lowest BCUT2D eigenvalue weighted by Gasteiger charge is -2.19. The summed E-state index contributed by atoms with van der Waals surface area (Å²) in [4.78, 5) is 25.4. The Labute approximate surface area is 157 Å². The van der Waals surface area contributed by atoms with Crippen molar-refractivity contribution in [2.24, 2.45) is 0 Å². The maximum atomic E-state index is 13.2. The number of hydrogen-bond donors (Lipinski definition) is 1. The zero-order chi connectivity index (χ0) is 20.6. The van der Waals surface area contributed by atoms with Crippen LogP contribution in [-0.4, -0.2) is 20.8 Å². The number of fused-ring (bicyclic) bond motifs is 1. The Morgan fingerprint density at radius 2 is 1.96 bits per heavy atom. The van der Waals surface area contributed by atoms with E-state index in [0.717, 1.165) is 16.8 Å². The van der Waals surface area contributed by atoms with E-state index >= 15 is 0 Å². The highest BCUT2D eigenvalue weighted by molar-refractivity contribution is 5.94. The van der Waals surface area contributed by atoms with E-state index in [4.69, 9.17) is 4.52 Å². The summed E-state index contributed by atoms with van der Waals surface area (Å²) >= 11 is 0. The molecule has 0 bridgehead atoms. The van der Waals surface area contributed by atoms with Gasteiger partial charge in [0.15, 0.2) is 5.52 Å². The molecule has 1 amide bonds. The third-order valence-electron chi connectivity index (χ3n) is 4.37. The number of aromatic nitrogens is 3. The minimum absolute atomic E-state index is 0.0203. The van der Waals surface area contributed by atoms with Gasteiger partial charge >= 0.3 is 6.18 Å². The van der Waals surface area contributed by atoms with E-state index in [9.17, 15) is 22.8 Å². The molecule has 0 aliphatic heterocycles. The van der Waals surface area contributed by atoms with Crippen molar-refractivity contribution in [1.29, 1.82) is 0 Å². The molecule has 2 heterocycles. The zero-order valence-corrected chi connectivity index (χ0v) is 15.3. The average molecular weight is 394 g/mol. The highest BCUT2D eigenvalue weighted by Gasteiger charge is 2.34. The van der Waals surface area contributed by atoms with Crippen LogP contribution in [0.3, 0.4) is 0 Å². The molecule has 0 aliphatic rings. The van der Waals surface area contributed by atoms with E-state index < -0.39 is 29.2 Å². The van der Waals surface area contributed by atoms with Crippen LogP contribution in [0.4, 0.5) is 18.9 Å². The van der Waals surface area contributed by atoms with Crippen LogP contribution >= 0.6 is 0 Å². The number of aryl methyl sites for hydroxylation is 2. The number of carbonyl (C=O) groups is 1. The number of benzene rings is 1. The van der Waals surface area contributed by atoms with Crippen molar-refractivity contribution >= 4 is 22.5 Å². The van der Waals surface area contributed by atoms with Crippen LogP contribution in [-0.2, 0) is 11.0 Å². The Kier molecular flexibility index (Phi) is 4.97. The van der Waals surface area contributed by atoms with Crippen LogP contribution < -0.4 is 10.9 Å². The van der Waals surface area contributed by atoms with Gasteiger partial charge in [0.1, 0.15) is 11.8 Å². The van der Waals surface area contributed by atoms with Crippen LogP contribution in [0.5, 0.6) is 0 Å². The summed E-state index contributed by atoms with van der Waals surface area (Å²) in [5.74, 6) is -0.367. The predicted molar refractivity (Wildman–Crippen MR) is 94.9 cm³/mol. The molecular formula is C18H17F3N4O3. The second-order valence-corrected chi connectivity index (χ2v) is 6.25. The monoisotopic (exact) mass is 394 g/mol. The molecule has 148 valence electrons. The summed E-state index contributed by atoms with van der Waals surface area (Å²) in [6, 6.07) is 3.51. The summed E-state index contributed by atoms with van der Waals surface area (Å²) in [5.41, 5.74) is -1.57. The molecule has 28 heavy (non-hydrogen) atoms. The Morgan fingerprint density at radius 3 is 2.61 bits per heavy atom. The molecule has 1 unspecified atom stereocenters. The predicted octanol–water partition coefficient (Wildman–Crippen LogP) is 3.61. The van der Waals surface area contributed by atoms with Gasteiger partial charge < -0.3 is 9.84 Å². The fourth-order valence-electron chi connectivity index (χ4n) is 3.05. The van der Waals surface area contributed by atoms with Crippen molar-refractivity contribution in [1.82, 2.24) is 14.9 Å². The first kappa shape index (κ1) is 19.6. The molecule has 2 aromatic heterocycles. The first-order chi connectivity index (χ1) is 13.1. The Balaban J connectivity index is 2.02. The highest BCUT2D eigenvalue weighted by Crippen LogP contribution is 2.35. The molecule has 0 aliphatic carbocycles. The van der Waals surface area contributed by atoms with Gasteiger partial charge in [0.05, 0.1) is 22.3 Å². The van der Waals surface area contributed by atoms with Gasteiger partial charge in [-0.15, -0.1) is 0 Å². The van der Waals surface area contributed by atoms with E-state index in [1.165, 1.54) is 12.1 Å². The normalized spacial score (nSPS) is 12.9. The molecule has 0 radical (unpaired) electrons. The van der Waals surface area contributed by atoms with Gasteiger partial charge in [-0.3, -0.25) is 9.59 Å². The van der Waals surface area contributed by atoms with Gasteiger partial charge in [-0.2, -0.15) is 18.3 Å². The fraction of sp³-hybridized carbons (Fsp3) is 0.333. The smallest absolute Gasteiger partial charge is 0.360 e.